The SMILES string of the molecule is NCc1ccc(Pc2ccccc2)cc1. The fraction of sp³-hybridized carbons (Fsp3) is 0.0769. The number of rotatable bonds is 3. The van der Waals surface area contributed by atoms with E-state index in [0.29, 0.717) is 6.54 Å². The van der Waals surface area contributed by atoms with Gasteiger partial charge in [0.05, 0.1) is 0 Å². The van der Waals surface area contributed by atoms with Crippen LogP contribution in [0.2, 0.25) is 0 Å². The highest BCUT2D eigenvalue weighted by Gasteiger charge is 1.95. The van der Waals surface area contributed by atoms with Gasteiger partial charge >= 0.3 is 0 Å². The normalized spacial score (nSPS) is 11.0. The third-order valence-electron chi connectivity index (χ3n) is 2.25. The van der Waals surface area contributed by atoms with Crippen LogP contribution in [-0.2, 0) is 6.54 Å². The molecule has 0 spiro atoms. The van der Waals surface area contributed by atoms with Crippen molar-refractivity contribution in [3.63, 3.8) is 0 Å². The molecule has 1 nitrogen and oxygen atoms in total. The Morgan fingerprint density at radius 3 is 2.00 bits per heavy atom. The van der Waals surface area contributed by atoms with Gasteiger partial charge in [0.1, 0.15) is 0 Å². The molecule has 2 aromatic rings. The largest absolute Gasteiger partial charge is 0.326 e. The monoisotopic (exact) mass is 215 g/mol. The van der Waals surface area contributed by atoms with Gasteiger partial charge in [0.25, 0.3) is 0 Å². The fourth-order valence-electron chi connectivity index (χ4n) is 1.41. The highest BCUT2D eigenvalue weighted by molar-refractivity contribution is 7.55. The maximum Gasteiger partial charge on any atom is 0.0178 e. The van der Waals surface area contributed by atoms with Crippen LogP contribution in [0.1, 0.15) is 5.56 Å². The molecule has 1 unspecified atom stereocenters. The molecule has 1 atom stereocenters. The molecule has 0 aromatic heterocycles. The minimum atomic E-state index is 0.620. The molecule has 0 aliphatic carbocycles. The molecule has 76 valence electrons. The van der Waals surface area contributed by atoms with E-state index in [4.69, 9.17) is 5.73 Å². The van der Waals surface area contributed by atoms with Crippen LogP contribution in [0.15, 0.2) is 54.6 Å². The van der Waals surface area contributed by atoms with Crippen LogP contribution < -0.4 is 16.3 Å². The van der Waals surface area contributed by atoms with Crippen molar-refractivity contribution in [3.05, 3.63) is 60.2 Å². The summed E-state index contributed by atoms with van der Waals surface area (Å²) >= 11 is 0. The van der Waals surface area contributed by atoms with E-state index in [0.717, 1.165) is 8.58 Å². The van der Waals surface area contributed by atoms with Gasteiger partial charge in [-0.15, -0.1) is 0 Å². The van der Waals surface area contributed by atoms with E-state index >= 15 is 0 Å². The first-order chi connectivity index (χ1) is 7.38. The Morgan fingerprint density at radius 2 is 1.40 bits per heavy atom. The molecule has 0 saturated heterocycles. The molecule has 0 aliphatic rings. The first-order valence-electron chi connectivity index (χ1n) is 4.99. The zero-order valence-corrected chi connectivity index (χ0v) is 9.48. The maximum absolute atomic E-state index is 5.55. The molecule has 0 heterocycles. The van der Waals surface area contributed by atoms with Crippen molar-refractivity contribution in [2.24, 2.45) is 5.73 Å². The minimum absolute atomic E-state index is 0.620. The molecule has 2 aromatic carbocycles. The summed E-state index contributed by atoms with van der Waals surface area (Å²) in [5.74, 6) is 0. The average molecular weight is 215 g/mol. The van der Waals surface area contributed by atoms with Crippen LogP contribution in [-0.4, -0.2) is 0 Å². The Morgan fingerprint density at radius 1 is 0.800 bits per heavy atom. The van der Waals surface area contributed by atoms with Crippen molar-refractivity contribution < 1.29 is 0 Å². The van der Waals surface area contributed by atoms with Crippen molar-refractivity contribution in [2.75, 3.05) is 0 Å². The van der Waals surface area contributed by atoms with Crippen molar-refractivity contribution >= 4 is 19.2 Å². The summed E-state index contributed by atoms with van der Waals surface area (Å²) in [4.78, 5) is 0. The van der Waals surface area contributed by atoms with Crippen molar-refractivity contribution in [2.45, 2.75) is 6.54 Å². The highest BCUT2D eigenvalue weighted by atomic mass is 31.1. The summed E-state index contributed by atoms with van der Waals surface area (Å²) in [6.45, 7) is 0.620. The van der Waals surface area contributed by atoms with Crippen LogP contribution in [0.5, 0.6) is 0 Å². The second-order valence-corrected chi connectivity index (χ2v) is 4.80. The summed E-state index contributed by atoms with van der Waals surface area (Å²) in [5, 5.41) is 2.73. The van der Waals surface area contributed by atoms with E-state index < -0.39 is 0 Å². The molecule has 0 amide bonds. The number of hydrogen-bond donors (Lipinski definition) is 1. The van der Waals surface area contributed by atoms with Crippen molar-refractivity contribution in [3.8, 4) is 0 Å². The van der Waals surface area contributed by atoms with Gasteiger partial charge in [0.2, 0.25) is 0 Å². The Hall–Kier alpha value is -1.17. The Labute approximate surface area is 92.1 Å². The van der Waals surface area contributed by atoms with Gasteiger partial charge in [-0.3, -0.25) is 0 Å². The first-order valence-corrected chi connectivity index (χ1v) is 5.99. The number of benzene rings is 2. The minimum Gasteiger partial charge on any atom is -0.326 e. The predicted octanol–water partition coefficient (Wildman–Crippen LogP) is 1.77. The molecule has 0 bridgehead atoms. The molecule has 15 heavy (non-hydrogen) atoms. The quantitative estimate of drug-likeness (QED) is 0.776. The van der Waals surface area contributed by atoms with Gasteiger partial charge in [-0.25, -0.2) is 0 Å². The molecule has 2 heteroatoms. The van der Waals surface area contributed by atoms with Gasteiger partial charge in [0, 0.05) is 6.54 Å². The highest BCUT2D eigenvalue weighted by Crippen LogP contribution is 2.10. The zero-order valence-electron chi connectivity index (χ0n) is 8.48. The lowest BCUT2D eigenvalue weighted by molar-refractivity contribution is 1.07. The molecular weight excluding hydrogens is 201 g/mol. The standard InChI is InChI=1S/C13H14NP/c14-10-11-6-8-13(9-7-11)15-12-4-2-1-3-5-12/h1-9,15H,10,14H2. The van der Waals surface area contributed by atoms with Crippen molar-refractivity contribution in [1.82, 2.24) is 0 Å². The molecular formula is C13H14NP. The van der Waals surface area contributed by atoms with Crippen LogP contribution in [0.4, 0.5) is 0 Å². The zero-order chi connectivity index (χ0) is 10.5. The fourth-order valence-corrected chi connectivity index (χ4v) is 2.44. The van der Waals surface area contributed by atoms with E-state index in [1.807, 2.05) is 6.07 Å². The van der Waals surface area contributed by atoms with E-state index in [1.54, 1.807) is 0 Å². The lowest BCUT2D eigenvalue weighted by Crippen LogP contribution is -2.04. The van der Waals surface area contributed by atoms with Crippen LogP contribution >= 0.6 is 8.58 Å². The summed E-state index contributed by atoms with van der Waals surface area (Å²) < 4.78 is 0. The molecule has 2 N–H and O–H groups in total. The predicted molar refractivity (Wildman–Crippen MR) is 68.4 cm³/mol. The van der Waals surface area contributed by atoms with Gasteiger partial charge < -0.3 is 5.73 Å². The summed E-state index contributed by atoms with van der Waals surface area (Å²) in [6.07, 6.45) is 0. The van der Waals surface area contributed by atoms with E-state index in [9.17, 15) is 0 Å². The number of hydrogen-bond acceptors (Lipinski definition) is 1. The van der Waals surface area contributed by atoms with Crippen molar-refractivity contribution in [1.29, 1.82) is 0 Å². The first kappa shape index (κ1) is 10.4. The summed E-state index contributed by atoms with van der Waals surface area (Å²) in [6, 6.07) is 19.1. The molecule has 0 radical (unpaired) electrons. The van der Waals surface area contributed by atoms with Gasteiger partial charge in [-0.2, -0.15) is 0 Å². The Bertz CT molecular complexity index is 408. The summed E-state index contributed by atoms with van der Waals surface area (Å²) in [7, 11) is 0.734. The summed E-state index contributed by atoms with van der Waals surface area (Å²) in [5.41, 5.74) is 6.75. The average Bonchev–Trinajstić information content (AvgIpc) is 2.31. The smallest absolute Gasteiger partial charge is 0.0178 e. The lowest BCUT2D eigenvalue weighted by atomic mass is 10.2. The third kappa shape index (κ3) is 2.89. The third-order valence-corrected chi connectivity index (χ3v) is 3.50. The van der Waals surface area contributed by atoms with Crippen LogP contribution in [0.3, 0.4) is 0 Å². The topological polar surface area (TPSA) is 26.0 Å². The van der Waals surface area contributed by atoms with Gasteiger partial charge in [-0.1, -0.05) is 63.2 Å². The second-order valence-electron chi connectivity index (χ2n) is 3.39. The molecule has 0 aliphatic heterocycles. The lowest BCUT2D eigenvalue weighted by Gasteiger charge is -2.03. The van der Waals surface area contributed by atoms with E-state index in [2.05, 4.69) is 48.5 Å². The van der Waals surface area contributed by atoms with E-state index in [1.165, 1.54) is 16.2 Å². The van der Waals surface area contributed by atoms with Gasteiger partial charge in [0.15, 0.2) is 0 Å². The molecule has 0 saturated carbocycles. The Kier molecular flexibility index (Phi) is 3.49. The van der Waals surface area contributed by atoms with Crippen LogP contribution in [0, 0.1) is 0 Å². The number of nitrogens with two attached hydrogens (primary N) is 1. The van der Waals surface area contributed by atoms with Gasteiger partial charge in [-0.05, 0) is 16.2 Å². The second kappa shape index (κ2) is 5.06. The maximum atomic E-state index is 5.55. The van der Waals surface area contributed by atoms with Crippen LogP contribution in [0.25, 0.3) is 0 Å². The molecule has 0 fully saturated rings. The Balaban J connectivity index is 2.11. The van der Waals surface area contributed by atoms with E-state index in [-0.39, 0.29) is 0 Å². The molecule has 2 rings (SSSR count).